The second-order valence-electron chi connectivity index (χ2n) is 4.32. The minimum atomic E-state index is -0.0287. The van der Waals surface area contributed by atoms with Crippen molar-refractivity contribution in [1.82, 2.24) is 10.2 Å². The van der Waals surface area contributed by atoms with E-state index in [9.17, 15) is 4.79 Å². The molecule has 4 nitrogen and oxygen atoms in total. The van der Waals surface area contributed by atoms with E-state index < -0.39 is 0 Å². The van der Waals surface area contributed by atoms with E-state index in [2.05, 4.69) is 10.2 Å². The zero-order chi connectivity index (χ0) is 12.7. The normalized spacial score (nSPS) is 10.6. The molecule has 0 saturated carbocycles. The molecule has 4 heteroatoms. The van der Waals surface area contributed by atoms with Crippen LogP contribution in [0.2, 0.25) is 0 Å². The first kappa shape index (κ1) is 13.7. The van der Waals surface area contributed by atoms with Gasteiger partial charge in [0.05, 0.1) is 0 Å². The summed E-state index contributed by atoms with van der Waals surface area (Å²) in [6, 6.07) is 7.42. The quantitative estimate of drug-likeness (QED) is 0.718. The van der Waals surface area contributed by atoms with Crippen LogP contribution in [0.3, 0.4) is 0 Å². The van der Waals surface area contributed by atoms with Crippen molar-refractivity contribution in [3.63, 3.8) is 0 Å². The molecule has 1 rings (SSSR count). The average molecular weight is 235 g/mol. The van der Waals surface area contributed by atoms with E-state index >= 15 is 0 Å². The number of benzene rings is 1. The van der Waals surface area contributed by atoms with Gasteiger partial charge in [0.1, 0.15) is 0 Å². The van der Waals surface area contributed by atoms with Gasteiger partial charge in [-0.15, -0.1) is 0 Å². The van der Waals surface area contributed by atoms with E-state index in [1.54, 1.807) is 6.07 Å². The molecular weight excluding hydrogens is 214 g/mol. The molecule has 0 unspecified atom stereocenters. The predicted molar refractivity (Wildman–Crippen MR) is 69.8 cm³/mol. The molecule has 0 aliphatic rings. The maximum Gasteiger partial charge on any atom is 0.251 e. The summed E-state index contributed by atoms with van der Waals surface area (Å²) in [5, 5.41) is 2.90. The van der Waals surface area contributed by atoms with E-state index in [1.165, 1.54) is 0 Å². The lowest BCUT2D eigenvalue weighted by Crippen LogP contribution is -2.27. The number of carbonyl (C=O) groups is 1. The number of rotatable bonds is 6. The lowest BCUT2D eigenvalue weighted by atomic mass is 10.1. The Morgan fingerprint density at radius 3 is 2.82 bits per heavy atom. The van der Waals surface area contributed by atoms with Crippen molar-refractivity contribution in [2.75, 3.05) is 27.2 Å². The highest BCUT2D eigenvalue weighted by atomic mass is 16.1. The van der Waals surface area contributed by atoms with E-state index in [0.717, 1.165) is 18.5 Å². The zero-order valence-corrected chi connectivity index (χ0v) is 10.6. The smallest absolute Gasteiger partial charge is 0.251 e. The highest BCUT2D eigenvalue weighted by Crippen LogP contribution is 2.04. The van der Waals surface area contributed by atoms with Crippen molar-refractivity contribution < 1.29 is 4.79 Å². The largest absolute Gasteiger partial charge is 0.352 e. The number of hydrogen-bond donors (Lipinski definition) is 2. The first-order chi connectivity index (χ1) is 8.13. The Balaban J connectivity index is 2.41. The van der Waals surface area contributed by atoms with Crippen LogP contribution in [0.1, 0.15) is 22.3 Å². The Hall–Kier alpha value is -1.39. The monoisotopic (exact) mass is 235 g/mol. The third-order valence-corrected chi connectivity index (χ3v) is 2.49. The summed E-state index contributed by atoms with van der Waals surface area (Å²) < 4.78 is 0. The van der Waals surface area contributed by atoms with Crippen molar-refractivity contribution >= 4 is 5.91 Å². The molecule has 1 amide bonds. The van der Waals surface area contributed by atoms with Gasteiger partial charge in [-0.2, -0.15) is 0 Å². The lowest BCUT2D eigenvalue weighted by Gasteiger charge is -2.10. The van der Waals surface area contributed by atoms with Gasteiger partial charge in [0.15, 0.2) is 0 Å². The molecular formula is C13H21N3O. The van der Waals surface area contributed by atoms with Crippen LogP contribution in [0.5, 0.6) is 0 Å². The molecule has 0 atom stereocenters. The van der Waals surface area contributed by atoms with Crippen LogP contribution in [0.15, 0.2) is 24.3 Å². The molecule has 0 spiro atoms. The summed E-state index contributed by atoms with van der Waals surface area (Å²) in [5.41, 5.74) is 7.19. The first-order valence-corrected chi connectivity index (χ1v) is 5.85. The van der Waals surface area contributed by atoms with Crippen LogP contribution in [0.25, 0.3) is 0 Å². The van der Waals surface area contributed by atoms with Gasteiger partial charge in [0.2, 0.25) is 0 Å². The first-order valence-electron chi connectivity index (χ1n) is 5.85. The van der Waals surface area contributed by atoms with Crippen LogP contribution >= 0.6 is 0 Å². The fraction of sp³-hybridized carbons (Fsp3) is 0.462. The summed E-state index contributed by atoms with van der Waals surface area (Å²) in [7, 11) is 4.04. The third kappa shape index (κ3) is 4.97. The SMILES string of the molecule is CN(C)CCCNC(=O)c1cccc(CN)c1. The van der Waals surface area contributed by atoms with E-state index in [0.29, 0.717) is 18.7 Å². The highest BCUT2D eigenvalue weighted by Gasteiger charge is 2.04. The van der Waals surface area contributed by atoms with Gasteiger partial charge in [-0.25, -0.2) is 0 Å². The number of amides is 1. The molecule has 1 aromatic carbocycles. The van der Waals surface area contributed by atoms with Gasteiger partial charge < -0.3 is 16.0 Å². The second kappa shape index (κ2) is 7.04. The molecule has 0 fully saturated rings. The highest BCUT2D eigenvalue weighted by molar-refractivity contribution is 5.94. The number of hydrogen-bond acceptors (Lipinski definition) is 3. The predicted octanol–water partition coefficient (Wildman–Crippen LogP) is 0.827. The minimum absolute atomic E-state index is 0.0287. The summed E-state index contributed by atoms with van der Waals surface area (Å²) in [4.78, 5) is 13.9. The molecule has 0 bridgehead atoms. The summed E-state index contributed by atoms with van der Waals surface area (Å²) in [5.74, 6) is -0.0287. The molecule has 0 radical (unpaired) electrons. The molecule has 0 aromatic heterocycles. The molecule has 0 saturated heterocycles. The van der Waals surface area contributed by atoms with Crippen LogP contribution in [0, 0.1) is 0 Å². The second-order valence-corrected chi connectivity index (χ2v) is 4.32. The lowest BCUT2D eigenvalue weighted by molar-refractivity contribution is 0.0952. The van der Waals surface area contributed by atoms with Crippen molar-refractivity contribution in [3.05, 3.63) is 35.4 Å². The standard InChI is InChI=1S/C13H21N3O/c1-16(2)8-4-7-15-13(17)12-6-3-5-11(9-12)10-14/h3,5-6,9H,4,7-8,10,14H2,1-2H3,(H,15,17). The van der Waals surface area contributed by atoms with Crippen LogP contribution in [0.4, 0.5) is 0 Å². The molecule has 94 valence electrons. The molecule has 3 N–H and O–H groups in total. The molecule has 0 heterocycles. The Morgan fingerprint density at radius 2 is 2.18 bits per heavy atom. The van der Waals surface area contributed by atoms with Gasteiger partial charge in [-0.1, -0.05) is 12.1 Å². The number of nitrogens with two attached hydrogens (primary N) is 1. The van der Waals surface area contributed by atoms with Crippen molar-refractivity contribution in [3.8, 4) is 0 Å². The topological polar surface area (TPSA) is 58.4 Å². The fourth-order valence-corrected chi connectivity index (χ4v) is 1.54. The van der Waals surface area contributed by atoms with Gasteiger partial charge in [0, 0.05) is 18.7 Å². The number of carbonyl (C=O) groups excluding carboxylic acids is 1. The van der Waals surface area contributed by atoms with E-state index in [4.69, 9.17) is 5.73 Å². The summed E-state index contributed by atoms with van der Waals surface area (Å²) >= 11 is 0. The summed E-state index contributed by atoms with van der Waals surface area (Å²) in [6.07, 6.45) is 0.954. The van der Waals surface area contributed by atoms with Crippen LogP contribution in [-0.2, 0) is 6.54 Å². The number of nitrogens with one attached hydrogen (secondary N) is 1. The van der Waals surface area contributed by atoms with Gasteiger partial charge in [-0.05, 0) is 44.8 Å². The zero-order valence-electron chi connectivity index (χ0n) is 10.6. The Labute approximate surface area is 103 Å². The van der Waals surface area contributed by atoms with Crippen LogP contribution in [-0.4, -0.2) is 38.0 Å². The Morgan fingerprint density at radius 1 is 1.41 bits per heavy atom. The molecule has 0 aliphatic heterocycles. The van der Waals surface area contributed by atoms with Crippen molar-refractivity contribution in [1.29, 1.82) is 0 Å². The Bertz CT molecular complexity index is 363. The molecule has 0 aliphatic carbocycles. The minimum Gasteiger partial charge on any atom is -0.352 e. The van der Waals surface area contributed by atoms with Crippen molar-refractivity contribution in [2.24, 2.45) is 5.73 Å². The maximum atomic E-state index is 11.8. The summed E-state index contributed by atoms with van der Waals surface area (Å²) in [6.45, 7) is 2.13. The van der Waals surface area contributed by atoms with Crippen molar-refractivity contribution in [2.45, 2.75) is 13.0 Å². The number of nitrogens with zero attached hydrogens (tertiary/aromatic N) is 1. The molecule has 1 aromatic rings. The third-order valence-electron chi connectivity index (χ3n) is 2.49. The van der Waals surface area contributed by atoms with Gasteiger partial charge >= 0.3 is 0 Å². The Kier molecular flexibility index (Phi) is 5.66. The van der Waals surface area contributed by atoms with Gasteiger partial charge in [0.25, 0.3) is 5.91 Å². The van der Waals surface area contributed by atoms with Crippen LogP contribution < -0.4 is 11.1 Å². The van der Waals surface area contributed by atoms with E-state index in [-0.39, 0.29) is 5.91 Å². The average Bonchev–Trinajstić information content (AvgIpc) is 2.34. The maximum absolute atomic E-state index is 11.8. The molecule has 17 heavy (non-hydrogen) atoms. The fourth-order valence-electron chi connectivity index (χ4n) is 1.54. The van der Waals surface area contributed by atoms with Gasteiger partial charge in [-0.3, -0.25) is 4.79 Å². The van der Waals surface area contributed by atoms with E-state index in [1.807, 2.05) is 32.3 Å².